The summed E-state index contributed by atoms with van der Waals surface area (Å²) in [4.78, 5) is 37.9. The van der Waals surface area contributed by atoms with Gasteiger partial charge in [-0.15, -0.1) is 0 Å². The van der Waals surface area contributed by atoms with Crippen LogP contribution in [0.5, 0.6) is 11.5 Å². The summed E-state index contributed by atoms with van der Waals surface area (Å²) >= 11 is 6.01. The number of hydrogen-bond acceptors (Lipinski definition) is 7. The lowest BCUT2D eigenvalue weighted by Crippen LogP contribution is -2.15. The topological polar surface area (TPSA) is 93.1 Å². The zero-order valence-electron chi connectivity index (χ0n) is 24.9. The highest BCUT2D eigenvalue weighted by Crippen LogP contribution is 2.31. The van der Waals surface area contributed by atoms with E-state index in [1.54, 1.807) is 55.9 Å². The lowest BCUT2D eigenvalue weighted by atomic mass is 10.1. The standard InChI is InChI=1S/C34H36ClNO7/c1-22(2)34(39)43-18-5-17-41-27-12-6-24(7-13-27)16-19-42-32(37)21-29-23(3)36(31-15-14-28(40-4)20-30(29)31)33(38)25-8-10-26(35)11-9-25/h6-15,20,22H,5,16-19,21H2,1-4H3. The van der Waals surface area contributed by atoms with Crippen molar-refractivity contribution >= 4 is 40.3 Å². The fourth-order valence-corrected chi connectivity index (χ4v) is 4.74. The van der Waals surface area contributed by atoms with Gasteiger partial charge in [0.05, 0.1) is 44.8 Å². The molecule has 4 aromatic rings. The Morgan fingerprint density at radius 2 is 1.56 bits per heavy atom. The highest BCUT2D eigenvalue weighted by molar-refractivity contribution is 6.30. The average Bonchev–Trinajstić information content (AvgIpc) is 3.27. The van der Waals surface area contributed by atoms with Crippen LogP contribution in [0.2, 0.25) is 5.02 Å². The van der Waals surface area contributed by atoms with Crippen molar-refractivity contribution in [3.63, 3.8) is 0 Å². The van der Waals surface area contributed by atoms with Gasteiger partial charge in [0.2, 0.25) is 0 Å². The third kappa shape index (κ3) is 8.17. The molecule has 0 unspecified atom stereocenters. The summed E-state index contributed by atoms with van der Waals surface area (Å²) in [6.07, 6.45) is 1.16. The van der Waals surface area contributed by atoms with Gasteiger partial charge in [0.25, 0.3) is 5.91 Å². The predicted octanol–water partition coefficient (Wildman–Crippen LogP) is 6.60. The second kappa shape index (κ2) is 14.7. The van der Waals surface area contributed by atoms with Crippen molar-refractivity contribution in [2.75, 3.05) is 26.9 Å². The second-order valence-corrected chi connectivity index (χ2v) is 10.8. The van der Waals surface area contributed by atoms with Crippen LogP contribution in [0.15, 0.2) is 66.7 Å². The van der Waals surface area contributed by atoms with E-state index in [0.29, 0.717) is 64.9 Å². The largest absolute Gasteiger partial charge is 0.497 e. The number of fused-ring (bicyclic) bond motifs is 1. The third-order valence-electron chi connectivity index (χ3n) is 7.01. The van der Waals surface area contributed by atoms with Gasteiger partial charge in [-0.1, -0.05) is 37.6 Å². The van der Waals surface area contributed by atoms with Gasteiger partial charge in [0.1, 0.15) is 11.5 Å². The van der Waals surface area contributed by atoms with Crippen LogP contribution in [-0.2, 0) is 31.9 Å². The van der Waals surface area contributed by atoms with E-state index >= 15 is 0 Å². The monoisotopic (exact) mass is 605 g/mol. The zero-order chi connectivity index (χ0) is 30.9. The minimum Gasteiger partial charge on any atom is -0.497 e. The minimum absolute atomic E-state index is 0.00958. The predicted molar refractivity (Wildman–Crippen MR) is 165 cm³/mol. The summed E-state index contributed by atoms with van der Waals surface area (Å²) in [7, 11) is 1.57. The van der Waals surface area contributed by atoms with Crippen LogP contribution in [0, 0.1) is 12.8 Å². The molecule has 0 atom stereocenters. The molecule has 1 heterocycles. The Morgan fingerprint density at radius 3 is 2.23 bits per heavy atom. The van der Waals surface area contributed by atoms with Crippen molar-refractivity contribution in [1.82, 2.24) is 4.57 Å². The van der Waals surface area contributed by atoms with E-state index in [4.69, 9.17) is 30.5 Å². The Balaban J connectivity index is 1.34. The molecule has 3 aromatic carbocycles. The van der Waals surface area contributed by atoms with Gasteiger partial charge in [0, 0.05) is 34.5 Å². The first-order chi connectivity index (χ1) is 20.7. The molecule has 226 valence electrons. The molecule has 0 amide bonds. The van der Waals surface area contributed by atoms with E-state index in [1.165, 1.54) is 0 Å². The molecule has 9 heteroatoms. The number of halogens is 1. The minimum atomic E-state index is -0.387. The fourth-order valence-electron chi connectivity index (χ4n) is 4.61. The third-order valence-corrected chi connectivity index (χ3v) is 7.26. The summed E-state index contributed by atoms with van der Waals surface area (Å²) in [5, 5.41) is 1.30. The molecular formula is C34H36ClNO7. The molecule has 0 aliphatic carbocycles. The number of carbonyl (C=O) groups is 3. The summed E-state index contributed by atoms with van der Waals surface area (Å²) < 4.78 is 23.5. The van der Waals surface area contributed by atoms with Gasteiger partial charge < -0.3 is 18.9 Å². The van der Waals surface area contributed by atoms with Crippen molar-refractivity contribution in [2.24, 2.45) is 5.92 Å². The Morgan fingerprint density at radius 1 is 0.860 bits per heavy atom. The first kappa shape index (κ1) is 31.6. The number of carbonyl (C=O) groups excluding carboxylic acids is 3. The van der Waals surface area contributed by atoms with E-state index in [9.17, 15) is 14.4 Å². The maximum absolute atomic E-state index is 13.5. The summed E-state index contributed by atoms with van der Waals surface area (Å²) in [6, 6.07) is 19.7. The van der Waals surface area contributed by atoms with Crippen LogP contribution >= 0.6 is 11.6 Å². The first-order valence-electron chi connectivity index (χ1n) is 14.2. The molecule has 43 heavy (non-hydrogen) atoms. The molecule has 0 saturated heterocycles. The zero-order valence-corrected chi connectivity index (χ0v) is 25.6. The number of esters is 2. The van der Waals surface area contributed by atoms with Crippen LogP contribution in [-0.4, -0.2) is 49.3 Å². The van der Waals surface area contributed by atoms with Crippen LogP contribution in [0.4, 0.5) is 0 Å². The molecule has 4 rings (SSSR count). The fraction of sp³-hybridized carbons (Fsp3) is 0.324. The van der Waals surface area contributed by atoms with E-state index < -0.39 is 0 Å². The molecule has 1 aromatic heterocycles. The SMILES string of the molecule is COc1ccc2c(c1)c(CC(=O)OCCc1ccc(OCCCOC(=O)C(C)C)cc1)c(C)n2C(=O)c1ccc(Cl)cc1. The lowest BCUT2D eigenvalue weighted by molar-refractivity contribution is -0.147. The van der Waals surface area contributed by atoms with Crippen LogP contribution in [0.3, 0.4) is 0 Å². The van der Waals surface area contributed by atoms with Gasteiger partial charge in [-0.2, -0.15) is 0 Å². The van der Waals surface area contributed by atoms with Gasteiger partial charge in [-0.3, -0.25) is 19.0 Å². The molecule has 0 fully saturated rings. The van der Waals surface area contributed by atoms with Gasteiger partial charge in [-0.05, 0) is 72.6 Å². The first-order valence-corrected chi connectivity index (χ1v) is 14.6. The molecule has 0 aliphatic heterocycles. The van der Waals surface area contributed by atoms with Gasteiger partial charge in [0.15, 0.2) is 0 Å². The number of aromatic nitrogens is 1. The second-order valence-electron chi connectivity index (χ2n) is 10.4. The van der Waals surface area contributed by atoms with Crippen molar-refractivity contribution in [2.45, 2.75) is 40.0 Å². The highest BCUT2D eigenvalue weighted by Gasteiger charge is 2.22. The van der Waals surface area contributed by atoms with Crippen LogP contribution in [0.25, 0.3) is 10.9 Å². The number of nitrogens with zero attached hydrogens (tertiary/aromatic N) is 1. The van der Waals surface area contributed by atoms with Crippen LogP contribution in [0.1, 0.15) is 47.4 Å². The Labute approximate surface area is 256 Å². The van der Waals surface area contributed by atoms with Gasteiger partial charge in [-0.25, -0.2) is 0 Å². The summed E-state index contributed by atoms with van der Waals surface area (Å²) in [5.41, 5.74) is 3.53. The van der Waals surface area contributed by atoms with Crippen LogP contribution < -0.4 is 9.47 Å². The number of rotatable bonds is 13. The summed E-state index contributed by atoms with van der Waals surface area (Å²) in [5.74, 6) is 0.384. The Kier molecular flexibility index (Phi) is 10.8. The molecule has 0 N–H and O–H groups in total. The molecular weight excluding hydrogens is 570 g/mol. The van der Waals surface area contributed by atoms with Crippen molar-refractivity contribution < 1.29 is 33.3 Å². The van der Waals surface area contributed by atoms with E-state index in [-0.39, 0.29) is 36.8 Å². The number of benzene rings is 3. The maximum Gasteiger partial charge on any atom is 0.310 e. The van der Waals surface area contributed by atoms with E-state index in [1.807, 2.05) is 43.3 Å². The van der Waals surface area contributed by atoms with E-state index in [2.05, 4.69) is 0 Å². The van der Waals surface area contributed by atoms with E-state index in [0.717, 1.165) is 10.9 Å². The number of hydrogen-bond donors (Lipinski definition) is 0. The molecule has 0 radical (unpaired) electrons. The Hall–Kier alpha value is -4.30. The lowest BCUT2D eigenvalue weighted by Gasteiger charge is -2.09. The molecule has 8 nitrogen and oxygen atoms in total. The molecule has 0 saturated carbocycles. The van der Waals surface area contributed by atoms with Crippen molar-refractivity contribution in [3.05, 3.63) is 94.1 Å². The highest BCUT2D eigenvalue weighted by atomic mass is 35.5. The van der Waals surface area contributed by atoms with Gasteiger partial charge >= 0.3 is 11.9 Å². The molecule has 0 bridgehead atoms. The molecule has 0 spiro atoms. The Bertz CT molecular complexity index is 1570. The number of methoxy groups -OCH3 is 1. The normalized spacial score (nSPS) is 11.0. The van der Waals surface area contributed by atoms with Crippen molar-refractivity contribution in [1.29, 1.82) is 0 Å². The molecule has 0 aliphatic rings. The summed E-state index contributed by atoms with van der Waals surface area (Å²) in [6.45, 7) is 6.40. The van der Waals surface area contributed by atoms with Crippen molar-refractivity contribution in [3.8, 4) is 11.5 Å². The number of ether oxygens (including phenoxy) is 4. The quantitative estimate of drug-likeness (QED) is 0.125. The maximum atomic E-state index is 13.5. The average molecular weight is 606 g/mol. The smallest absolute Gasteiger partial charge is 0.310 e.